The minimum atomic E-state index is -0.0932. The molecule has 0 aliphatic heterocycles. The lowest BCUT2D eigenvalue weighted by molar-refractivity contribution is -0.125. The zero-order valence-corrected chi connectivity index (χ0v) is 12.9. The van der Waals surface area contributed by atoms with E-state index in [1.165, 1.54) is 32.1 Å². The number of aromatic nitrogens is 3. The highest BCUT2D eigenvalue weighted by atomic mass is 16.5. The van der Waals surface area contributed by atoms with Gasteiger partial charge in [0.25, 0.3) is 0 Å². The van der Waals surface area contributed by atoms with Gasteiger partial charge in [-0.15, -0.1) is 10.2 Å². The lowest BCUT2D eigenvalue weighted by atomic mass is 9.95. The van der Waals surface area contributed by atoms with Crippen molar-refractivity contribution < 1.29 is 9.53 Å². The molecule has 1 aliphatic rings. The van der Waals surface area contributed by atoms with Gasteiger partial charge in [0.2, 0.25) is 5.91 Å². The third-order valence-electron chi connectivity index (χ3n) is 3.93. The standard InChI is InChI=1S/C15H26N4O2/c1-2-3-9-21-11-15(20)16-10-14-18-17-12-19(14)13-7-5-4-6-8-13/h12-13H,2-11H2,1H3,(H,16,20). The average Bonchev–Trinajstić information content (AvgIpc) is 2.99. The highest BCUT2D eigenvalue weighted by molar-refractivity contribution is 5.77. The molecule has 0 bridgehead atoms. The summed E-state index contributed by atoms with van der Waals surface area (Å²) in [5.41, 5.74) is 0. The first kappa shape index (κ1) is 15.9. The molecule has 0 saturated heterocycles. The van der Waals surface area contributed by atoms with Crippen LogP contribution in [0.2, 0.25) is 0 Å². The Bertz CT molecular complexity index is 427. The van der Waals surface area contributed by atoms with E-state index in [4.69, 9.17) is 4.74 Å². The van der Waals surface area contributed by atoms with Gasteiger partial charge in [0.05, 0.1) is 6.54 Å². The summed E-state index contributed by atoms with van der Waals surface area (Å²) in [6, 6.07) is 0.487. The Morgan fingerprint density at radius 2 is 2.24 bits per heavy atom. The number of nitrogens with zero attached hydrogens (tertiary/aromatic N) is 3. The number of hydrogen-bond acceptors (Lipinski definition) is 4. The summed E-state index contributed by atoms with van der Waals surface area (Å²) >= 11 is 0. The van der Waals surface area contributed by atoms with Crippen LogP contribution in [0, 0.1) is 0 Å². The fourth-order valence-electron chi connectivity index (χ4n) is 2.70. The number of unbranched alkanes of at least 4 members (excludes halogenated alkanes) is 1. The largest absolute Gasteiger partial charge is 0.372 e. The first-order valence-corrected chi connectivity index (χ1v) is 8.04. The zero-order chi connectivity index (χ0) is 14.9. The quantitative estimate of drug-likeness (QED) is 0.746. The van der Waals surface area contributed by atoms with E-state index in [-0.39, 0.29) is 12.5 Å². The number of hydrogen-bond donors (Lipinski definition) is 1. The highest BCUT2D eigenvalue weighted by Crippen LogP contribution is 2.28. The maximum Gasteiger partial charge on any atom is 0.246 e. The monoisotopic (exact) mass is 294 g/mol. The van der Waals surface area contributed by atoms with Crippen LogP contribution in [-0.4, -0.2) is 33.9 Å². The van der Waals surface area contributed by atoms with Crippen molar-refractivity contribution in [3.63, 3.8) is 0 Å². The second kappa shape index (κ2) is 8.77. The molecule has 0 atom stereocenters. The Morgan fingerprint density at radius 1 is 1.43 bits per heavy atom. The number of carbonyl (C=O) groups excluding carboxylic acids is 1. The van der Waals surface area contributed by atoms with Crippen LogP contribution in [0.3, 0.4) is 0 Å². The topological polar surface area (TPSA) is 69.0 Å². The van der Waals surface area contributed by atoms with E-state index < -0.39 is 0 Å². The number of amides is 1. The molecule has 2 rings (SSSR count). The van der Waals surface area contributed by atoms with E-state index in [0.717, 1.165) is 18.7 Å². The molecule has 1 heterocycles. The van der Waals surface area contributed by atoms with Crippen molar-refractivity contribution >= 4 is 5.91 Å². The van der Waals surface area contributed by atoms with Gasteiger partial charge in [-0.25, -0.2) is 0 Å². The molecular formula is C15H26N4O2. The van der Waals surface area contributed by atoms with Gasteiger partial charge in [-0.1, -0.05) is 32.6 Å². The molecule has 6 heteroatoms. The van der Waals surface area contributed by atoms with Gasteiger partial charge < -0.3 is 14.6 Å². The van der Waals surface area contributed by atoms with Crippen molar-refractivity contribution in [3.05, 3.63) is 12.2 Å². The maximum atomic E-state index is 11.7. The third kappa shape index (κ3) is 5.12. The number of ether oxygens (including phenoxy) is 1. The molecule has 1 aromatic rings. The Labute approximate surface area is 126 Å². The summed E-state index contributed by atoms with van der Waals surface area (Å²) in [7, 11) is 0. The molecule has 1 N–H and O–H groups in total. The molecule has 0 spiro atoms. The SMILES string of the molecule is CCCCOCC(=O)NCc1nncn1C1CCCCC1. The van der Waals surface area contributed by atoms with E-state index >= 15 is 0 Å². The summed E-state index contributed by atoms with van der Waals surface area (Å²) in [6.07, 6.45) is 10.1. The van der Waals surface area contributed by atoms with Gasteiger partial charge in [-0.2, -0.15) is 0 Å². The lowest BCUT2D eigenvalue weighted by Crippen LogP contribution is -2.29. The molecule has 1 amide bonds. The van der Waals surface area contributed by atoms with Crippen LogP contribution >= 0.6 is 0 Å². The molecule has 21 heavy (non-hydrogen) atoms. The number of nitrogens with one attached hydrogen (secondary N) is 1. The Balaban J connectivity index is 1.75. The summed E-state index contributed by atoms with van der Waals surface area (Å²) in [5.74, 6) is 0.744. The van der Waals surface area contributed by atoms with Gasteiger partial charge in [0.15, 0.2) is 5.82 Å². The fourth-order valence-corrected chi connectivity index (χ4v) is 2.70. The molecule has 1 fully saturated rings. The van der Waals surface area contributed by atoms with Crippen molar-refractivity contribution in [1.29, 1.82) is 0 Å². The first-order chi connectivity index (χ1) is 10.3. The van der Waals surface area contributed by atoms with Gasteiger partial charge in [-0.3, -0.25) is 4.79 Å². The van der Waals surface area contributed by atoms with E-state index in [1.807, 2.05) is 0 Å². The van der Waals surface area contributed by atoms with Gasteiger partial charge in [-0.05, 0) is 19.3 Å². The molecule has 0 aromatic carbocycles. The molecule has 0 radical (unpaired) electrons. The van der Waals surface area contributed by atoms with Crippen molar-refractivity contribution in [2.45, 2.75) is 64.5 Å². The van der Waals surface area contributed by atoms with Crippen LogP contribution < -0.4 is 5.32 Å². The van der Waals surface area contributed by atoms with Crippen LogP contribution in [-0.2, 0) is 16.1 Å². The lowest BCUT2D eigenvalue weighted by Gasteiger charge is -2.24. The van der Waals surface area contributed by atoms with E-state index in [9.17, 15) is 4.79 Å². The van der Waals surface area contributed by atoms with Crippen LogP contribution in [0.25, 0.3) is 0 Å². The van der Waals surface area contributed by atoms with Crippen LogP contribution in [0.5, 0.6) is 0 Å². The minimum absolute atomic E-state index is 0.0932. The molecule has 118 valence electrons. The second-order valence-corrected chi connectivity index (χ2v) is 5.63. The third-order valence-corrected chi connectivity index (χ3v) is 3.93. The first-order valence-electron chi connectivity index (χ1n) is 8.04. The number of carbonyl (C=O) groups is 1. The maximum absolute atomic E-state index is 11.7. The summed E-state index contributed by atoms with van der Waals surface area (Å²) < 4.78 is 7.42. The Kier molecular flexibility index (Phi) is 6.66. The molecule has 1 saturated carbocycles. The fraction of sp³-hybridized carbons (Fsp3) is 0.800. The summed E-state index contributed by atoms with van der Waals surface area (Å²) in [4.78, 5) is 11.7. The highest BCUT2D eigenvalue weighted by Gasteiger charge is 2.18. The van der Waals surface area contributed by atoms with Gasteiger partial charge >= 0.3 is 0 Å². The molecule has 0 unspecified atom stereocenters. The predicted molar refractivity (Wildman–Crippen MR) is 79.7 cm³/mol. The van der Waals surface area contributed by atoms with Crippen LogP contribution in [0.15, 0.2) is 6.33 Å². The molecule has 1 aromatic heterocycles. The summed E-state index contributed by atoms with van der Waals surface area (Å²) in [6.45, 7) is 3.29. The number of rotatable bonds is 8. The van der Waals surface area contributed by atoms with Crippen LogP contribution in [0.1, 0.15) is 63.7 Å². The average molecular weight is 294 g/mol. The van der Waals surface area contributed by atoms with Crippen molar-refractivity contribution in [2.24, 2.45) is 0 Å². The molecule has 1 aliphatic carbocycles. The van der Waals surface area contributed by atoms with Gasteiger partial charge in [0, 0.05) is 12.6 Å². The second-order valence-electron chi connectivity index (χ2n) is 5.63. The van der Waals surface area contributed by atoms with Crippen LogP contribution in [0.4, 0.5) is 0 Å². The van der Waals surface area contributed by atoms with E-state index in [0.29, 0.717) is 19.2 Å². The zero-order valence-electron chi connectivity index (χ0n) is 12.9. The van der Waals surface area contributed by atoms with Crippen molar-refractivity contribution in [2.75, 3.05) is 13.2 Å². The van der Waals surface area contributed by atoms with Gasteiger partial charge in [0.1, 0.15) is 12.9 Å². The minimum Gasteiger partial charge on any atom is -0.372 e. The summed E-state index contributed by atoms with van der Waals surface area (Å²) in [5, 5.41) is 11.0. The normalized spacial score (nSPS) is 16.0. The van der Waals surface area contributed by atoms with Crippen molar-refractivity contribution in [1.82, 2.24) is 20.1 Å². The van der Waals surface area contributed by atoms with E-state index in [1.54, 1.807) is 6.33 Å². The predicted octanol–water partition coefficient (Wildman–Crippen LogP) is 2.22. The molecule has 6 nitrogen and oxygen atoms in total. The van der Waals surface area contributed by atoms with Crippen molar-refractivity contribution in [3.8, 4) is 0 Å². The van der Waals surface area contributed by atoms with E-state index in [2.05, 4.69) is 27.0 Å². The molecular weight excluding hydrogens is 268 g/mol. The Morgan fingerprint density at radius 3 is 3.00 bits per heavy atom. The smallest absolute Gasteiger partial charge is 0.246 e. The Hall–Kier alpha value is -1.43.